The van der Waals surface area contributed by atoms with E-state index in [1.807, 2.05) is 17.0 Å². The second-order valence-electron chi connectivity index (χ2n) is 4.73. The summed E-state index contributed by atoms with van der Waals surface area (Å²) in [6.07, 6.45) is 4.64. The number of nitrogens with one attached hydrogen (secondary N) is 1. The van der Waals surface area contributed by atoms with E-state index in [2.05, 4.69) is 12.2 Å². The van der Waals surface area contributed by atoms with E-state index >= 15 is 0 Å². The number of likely N-dealkylation sites (tertiary alicyclic amines) is 1. The number of nitrogens with zero attached hydrogens (tertiary/aromatic N) is 1. The summed E-state index contributed by atoms with van der Waals surface area (Å²) in [7, 11) is 0. The van der Waals surface area contributed by atoms with E-state index in [1.165, 1.54) is 0 Å². The number of rotatable bonds is 3. The molecule has 2 amide bonds. The first-order valence-electron chi connectivity index (χ1n) is 6.31. The fourth-order valence-electron chi connectivity index (χ4n) is 2.07. The molecule has 1 aromatic heterocycles. The number of furan rings is 1. The predicted molar refractivity (Wildman–Crippen MR) is 65.8 cm³/mol. The highest BCUT2D eigenvalue weighted by atomic mass is 16.3. The molecular formula is C13H20N2O2. The van der Waals surface area contributed by atoms with Crippen molar-refractivity contribution >= 4 is 6.03 Å². The Morgan fingerprint density at radius 3 is 2.94 bits per heavy atom. The molecule has 0 atom stereocenters. The topological polar surface area (TPSA) is 45.5 Å². The van der Waals surface area contributed by atoms with E-state index < -0.39 is 0 Å². The first kappa shape index (κ1) is 12.0. The molecule has 2 heterocycles. The number of carbonyl (C=O) groups is 1. The molecule has 1 N–H and O–H groups in total. The van der Waals surface area contributed by atoms with Crippen LogP contribution in [-0.4, -0.2) is 30.6 Å². The Bertz CT molecular complexity index is 340. The molecule has 0 aliphatic carbocycles. The number of carbonyl (C=O) groups excluding carboxylic acids is 1. The molecule has 0 aromatic carbocycles. The summed E-state index contributed by atoms with van der Waals surface area (Å²) in [5.41, 5.74) is 0. The van der Waals surface area contributed by atoms with Crippen molar-refractivity contribution in [2.24, 2.45) is 5.92 Å². The highest BCUT2D eigenvalue weighted by molar-refractivity contribution is 5.74. The molecule has 1 saturated heterocycles. The van der Waals surface area contributed by atoms with E-state index in [-0.39, 0.29) is 6.03 Å². The zero-order valence-corrected chi connectivity index (χ0v) is 10.3. The van der Waals surface area contributed by atoms with Gasteiger partial charge in [-0.25, -0.2) is 4.79 Å². The average Bonchev–Trinajstić information content (AvgIpc) is 2.83. The minimum absolute atomic E-state index is 0.0588. The van der Waals surface area contributed by atoms with Crippen LogP contribution >= 0.6 is 0 Å². The first-order valence-corrected chi connectivity index (χ1v) is 6.31. The van der Waals surface area contributed by atoms with Crippen LogP contribution in [0.25, 0.3) is 0 Å². The summed E-state index contributed by atoms with van der Waals surface area (Å²) in [4.78, 5) is 13.7. The van der Waals surface area contributed by atoms with E-state index in [4.69, 9.17) is 4.42 Å². The van der Waals surface area contributed by atoms with Crippen LogP contribution in [0.5, 0.6) is 0 Å². The lowest BCUT2D eigenvalue weighted by Gasteiger charge is -2.30. The molecule has 17 heavy (non-hydrogen) atoms. The number of hydrogen-bond acceptors (Lipinski definition) is 2. The van der Waals surface area contributed by atoms with E-state index in [0.717, 1.165) is 44.0 Å². The van der Waals surface area contributed by atoms with Gasteiger partial charge in [-0.1, -0.05) is 6.92 Å². The summed E-state index contributed by atoms with van der Waals surface area (Å²) < 4.78 is 5.21. The summed E-state index contributed by atoms with van der Waals surface area (Å²) in [5.74, 6) is 1.67. The van der Waals surface area contributed by atoms with Crippen LogP contribution in [0.4, 0.5) is 4.79 Å². The van der Waals surface area contributed by atoms with Crippen LogP contribution in [0.3, 0.4) is 0 Å². The molecule has 0 bridgehead atoms. The Balaban J connectivity index is 1.67. The standard InChI is InChI=1S/C13H20N2O2/c1-11-5-8-15(9-6-11)13(16)14-7-4-12-3-2-10-17-12/h2-3,10-11H,4-9H2,1H3,(H,14,16). The van der Waals surface area contributed by atoms with E-state index in [0.29, 0.717) is 6.54 Å². The van der Waals surface area contributed by atoms with Gasteiger partial charge >= 0.3 is 6.03 Å². The molecule has 94 valence electrons. The monoisotopic (exact) mass is 236 g/mol. The fourth-order valence-corrected chi connectivity index (χ4v) is 2.07. The van der Waals surface area contributed by atoms with Gasteiger partial charge in [-0.2, -0.15) is 0 Å². The highest BCUT2D eigenvalue weighted by Gasteiger charge is 2.19. The lowest BCUT2D eigenvalue weighted by atomic mass is 10.00. The van der Waals surface area contributed by atoms with Crippen molar-refractivity contribution in [2.75, 3.05) is 19.6 Å². The largest absolute Gasteiger partial charge is 0.469 e. The molecule has 4 nitrogen and oxygen atoms in total. The van der Waals surface area contributed by atoms with Crippen molar-refractivity contribution in [3.63, 3.8) is 0 Å². The van der Waals surface area contributed by atoms with Gasteiger partial charge in [0.2, 0.25) is 0 Å². The van der Waals surface area contributed by atoms with Gasteiger partial charge in [-0.3, -0.25) is 0 Å². The normalized spacial score (nSPS) is 17.1. The minimum atomic E-state index is 0.0588. The maximum absolute atomic E-state index is 11.8. The second kappa shape index (κ2) is 5.75. The number of urea groups is 1. The van der Waals surface area contributed by atoms with Gasteiger partial charge in [0.15, 0.2) is 0 Å². The van der Waals surface area contributed by atoms with Crippen molar-refractivity contribution in [1.82, 2.24) is 10.2 Å². The maximum atomic E-state index is 11.8. The second-order valence-corrected chi connectivity index (χ2v) is 4.73. The van der Waals surface area contributed by atoms with Crippen LogP contribution in [0.2, 0.25) is 0 Å². The van der Waals surface area contributed by atoms with Crippen LogP contribution in [0.1, 0.15) is 25.5 Å². The third kappa shape index (κ3) is 3.51. The summed E-state index contributed by atoms with van der Waals surface area (Å²) in [6, 6.07) is 3.85. The molecule has 2 rings (SSSR count). The molecule has 1 fully saturated rings. The molecule has 0 spiro atoms. The molecule has 1 aromatic rings. The molecule has 0 radical (unpaired) electrons. The van der Waals surface area contributed by atoms with Gasteiger partial charge in [-0.05, 0) is 30.9 Å². The van der Waals surface area contributed by atoms with Crippen molar-refractivity contribution in [3.8, 4) is 0 Å². The van der Waals surface area contributed by atoms with Crippen molar-refractivity contribution in [1.29, 1.82) is 0 Å². The molecular weight excluding hydrogens is 216 g/mol. The predicted octanol–water partition coefficient (Wildman–Crippen LogP) is 2.26. The lowest BCUT2D eigenvalue weighted by molar-refractivity contribution is 0.174. The average molecular weight is 236 g/mol. The van der Waals surface area contributed by atoms with Gasteiger partial charge in [0.05, 0.1) is 6.26 Å². The van der Waals surface area contributed by atoms with Crippen LogP contribution in [0, 0.1) is 5.92 Å². The maximum Gasteiger partial charge on any atom is 0.317 e. The van der Waals surface area contributed by atoms with E-state index in [9.17, 15) is 4.79 Å². The Morgan fingerprint density at radius 2 is 2.29 bits per heavy atom. The molecule has 1 aliphatic rings. The fraction of sp³-hybridized carbons (Fsp3) is 0.615. The SMILES string of the molecule is CC1CCN(C(=O)NCCc2ccco2)CC1. The third-order valence-electron chi connectivity index (χ3n) is 3.30. The highest BCUT2D eigenvalue weighted by Crippen LogP contribution is 2.15. The number of amides is 2. The van der Waals surface area contributed by atoms with Crippen LogP contribution < -0.4 is 5.32 Å². The van der Waals surface area contributed by atoms with Gasteiger partial charge in [-0.15, -0.1) is 0 Å². The van der Waals surface area contributed by atoms with Gasteiger partial charge in [0, 0.05) is 26.1 Å². The zero-order chi connectivity index (χ0) is 12.1. The first-order chi connectivity index (χ1) is 8.25. The summed E-state index contributed by atoms with van der Waals surface area (Å²) in [6.45, 7) is 4.64. The van der Waals surface area contributed by atoms with Crippen LogP contribution in [-0.2, 0) is 6.42 Å². The third-order valence-corrected chi connectivity index (χ3v) is 3.30. The van der Waals surface area contributed by atoms with Crippen molar-refractivity contribution in [3.05, 3.63) is 24.2 Å². The van der Waals surface area contributed by atoms with Crippen molar-refractivity contribution < 1.29 is 9.21 Å². The van der Waals surface area contributed by atoms with E-state index in [1.54, 1.807) is 6.26 Å². The van der Waals surface area contributed by atoms with Gasteiger partial charge in [0.1, 0.15) is 5.76 Å². The number of hydrogen-bond donors (Lipinski definition) is 1. The summed E-state index contributed by atoms with van der Waals surface area (Å²) in [5, 5.41) is 2.93. The number of piperidine rings is 1. The smallest absolute Gasteiger partial charge is 0.317 e. The molecule has 0 unspecified atom stereocenters. The Hall–Kier alpha value is -1.45. The lowest BCUT2D eigenvalue weighted by Crippen LogP contribution is -2.44. The Morgan fingerprint density at radius 1 is 1.53 bits per heavy atom. The quantitative estimate of drug-likeness (QED) is 0.875. The Kier molecular flexibility index (Phi) is 4.07. The Labute approximate surface area is 102 Å². The molecule has 4 heteroatoms. The molecule has 0 saturated carbocycles. The van der Waals surface area contributed by atoms with Crippen LogP contribution in [0.15, 0.2) is 22.8 Å². The summed E-state index contributed by atoms with van der Waals surface area (Å²) >= 11 is 0. The minimum Gasteiger partial charge on any atom is -0.469 e. The van der Waals surface area contributed by atoms with Gasteiger partial charge < -0.3 is 14.6 Å². The van der Waals surface area contributed by atoms with Crippen molar-refractivity contribution in [2.45, 2.75) is 26.2 Å². The molecule has 1 aliphatic heterocycles. The van der Waals surface area contributed by atoms with Gasteiger partial charge in [0.25, 0.3) is 0 Å². The zero-order valence-electron chi connectivity index (χ0n) is 10.3.